The molecule has 0 saturated carbocycles. The first kappa shape index (κ1) is 8.40. The fourth-order valence-corrected chi connectivity index (χ4v) is 2.14. The van der Waals surface area contributed by atoms with Crippen LogP contribution in [0.3, 0.4) is 0 Å². The van der Waals surface area contributed by atoms with E-state index in [1.165, 1.54) is 9.13 Å². The van der Waals surface area contributed by atoms with E-state index in [1.54, 1.807) is 0 Å². The van der Waals surface area contributed by atoms with Crippen LogP contribution in [-0.2, 0) is 0 Å². The Balaban J connectivity index is 3.03. The number of thiol groups is 1. The average Bonchev–Trinajstić information content (AvgIpc) is 1.88. The lowest BCUT2D eigenvalue weighted by atomic mass is 10.2. The van der Waals surface area contributed by atoms with Gasteiger partial charge in [-0.3, -0.25) is 0 Å². The van der Waals surface area contributed by atoms with Gasteiger partial charge in [-0.1, -0.05) is 18.2 Å². The van der Waals surface area contributed by atoms with Gasteiger partial charge in [0.1, 0.15) is 0 Å². The van der Waals surface area contributed by atoms with Crippen LogP contribution in [0.15, 0.2) is 24.3 Å². The number of hydrogen-bond donors (Lipinski definition) is 1. The Morgan fingerprint density at radius 3 is 2.40 bits per heavy atom. The molecule has 0 aliphatic carbocycles. The van der Waals surface area contributed by atoms with E-state index in [4.69, 9.17) is 0 Å². The van der Waals surface area contributed by atoms with Gasteiger partial charge in [-0.15, -0.1) is 0 Å². The van der Waals surface area contributed by atoms with Crippen molar-refractivity contribution in [3.63, 3.8) is 0 Å². The fourth-order valence-electron chi connectivity index (χ4n) is 0.814. The first-order chi connectivity index (χ1) is 4.72. The molecule has 0 fully saturated rings. The molecule has 10 heavy (non-hydrogen) atoms. The van der Waals surface area contributed by atoms with Crippen LogP contribution in [0.25, 0.3) is 0 Å². The van der Waals surface area contributed by atoms with E-state index in [0.717, 1.165) is 0 Å². The van der Waals surface area contributed by atoms with Gasteiger partial charge in [0.05, 0.1) is 0 Å². The molecule has 0 aromatic heterocycles. The lowest BCUT2D eigenvalue weighted by Crippen LogP contribution is -1.87. The van der Waals surface area contributed by atoms with Crippen LogP contribution in [0.2, 0.25) is 0 Å². The molecule has 0 nitrogen and oxygen atoms in total. The van der Waals surface area contributed by atoms with E-state index >= 15 is 0 Å². The third-order valence-corrected chi connectivity index (χ3v) is 2.62. The van der Waals surface area contributed by atoms with Gasteiger partial charge in [0, 0.05) is 8.82 Å². The lowest BCUT2D eigenvalue weighted by molar-refractivity contribution is 1.10. The maximum Gasteiger partial charge on any atom is 0.0249 e. The van der Waals surface area contributed by atoms with Gasteiger partial charge >= 0.3 is 0 Å². The summed E-state index contributed by atoms with van der Waals surface area (Å²) in [6, 6.07) is 8.30. The van der Waals surface area contributed by atoms with Crippen molar-refractivity contribution < 1.29 is 0 Å². The Hall–Kier alpha value is 0.300. The molecule has 0 N–H and O–H groups in total. The van der Waals surface area contributed by atoms with Crippen LogP contribution >= 0.6 is 35.2 Å². The highest BCUT2D eigenvalue weighted by molar-refractivity contribution is 14.1. The Morgan fingerprint density at radius 2 is 2.00 bits per heavy atom. The van der Waals surface area contributed by atoms with Crippen LogP contribution < -0.4 is 0 Å². The smallest absolute Gasteiger partial charge is 0.0249 e. The highest BCUT2D eigenvalue weighted by Crippen LogP contribution is 2.23. The Morgan fingerprint density at radius 1 is 1.40 bits per heavy atom. The number of benzene rings is 1. The molecule has 0 saturated heterocycles. The summed E-state index contributed by atoms with van der Waals surface area (Å²) in [6.07, 6.45) is 0. The predicted molar refractivity (Wildman–Crippen MR) is 56.6 cm³/mol. The van der Waals surface area contributed by atoms with Gasteiger partial charge in [-0.05, 0) is 41.1 Å². The van der Waals surface area contributed by atoms with E-state index in [2.05, 4.69) is 54.3 Å². The zero-order valence-corrected chi connectivity index (χ0v) is 8.76. The Labute approximate surface area is 80.6 Å². The third-order valence-electron chi connectivity index (χ3n) is 1.36. The molecule has 0 aliphatic rings. The zero-order valence-electron chi connectivity index (χ0n) is 5.71. The molecular formula is C8H9IS. The maximum atomic E-state index is 4.35. The van der Waals surface area contributed by atoms with E-state index in [-0.39, 0.29) is 0 Å². The van der Waals surface area contributed by atoms with E-state index < -0.39 is 0 Å². The van der Waals surface area contributed by atoms with Crippen molar-refractivity contribution in [2.24, 2.45) is 0 Å². The van der Waals surface area contributed by atoms with Crippen molar-refractivity contribution >= 4 is 35.2 Å². The summed E-state index contributed by atoms with van der Waals surface area (Å²) in [7, 11) is 0. The summed E-state index contributed by atoms with van der Waals surface area (Å²) in [5.74, 6) is 0. The molecule has 1 rings (SSSR count). The molecule has 2 heteroatoms. The normalized spacial score (nSPS) is 13.1. The highest BCUT2D eigenvalue weighted by Gasteiger charge is 2.01. The van der Waals surface area contributed by atoms with Gasteiger partial charge in [0.15, 0.2) is 0 Å². The largest absolute Gasteiger partial charge is 0.171 e. The number of rotatable bonds is 1. The standard InChI is InChI=1S/C8H9IS/c1-6(10)7-4-2-3-5-8(7)9/h2-6,10H,1H3. The first-order valence-corrected chi connectivity index (χ1v) is 4.74. The van der Waals surface area contributed by atoms with Crippen molar-refractivity contribution in [3.05, 3.63) is 33.4 Å². The molecule has 0 radical (unpaired) electrons. The average molecular weight is 264 g/mol. The molecule has 0 aliphatic heterocycles. The summed E-state index contributed by atoms with van der Waals surface area (Å²) in [5, 5.41) is 0.341. The van der Waals surface area contributed by atoms with Crippen molar-refractivity contribution in [1.29, 1.82) is 0 Å². The minimum absolute atomic E-state index is 0.341. The molecule has 0 amide bonds. The van der Waals surface area contributed by atoms with Gasteiger partial charge in [0.25, 0.3) is 0 Å². The zero-order chi connectivity index (χ0) is 7.56. The SMILES string of the molecule is CC(S)c1ccccc1I. The summed E-state index contributed by atoms with van der Waals surface area (Å²) < 4.78 is 1.29. The number of halogens is 1. The highest BCUT2D eigenvalue weighted by atomic mass is 127. The van der Waals surface area contributed by atoms with Crippen LogP contribution in [0.5, 0.6) is 0 Å². The number of hydrogen-bond acceptors (Lipinski definition) is 1. The molecule has 1 unspecified atom stereocenters. The molecule has 0 spiro atoms. The molecule has 1 atom stereocenters. The second-order valence-electron chi connectivity index (χ2n) is 2.20. The molecule has 54 valence electrons. The Bertz CT molecular complexity index is 220. The monoisotopic (exact) mass is 264 g/mol. The Kier molecular flexibility index (Phi) is 3.04. The maximum absolute atomic E-state index is 4.35. The quantitative estimate of drug-likeness (QED) is 0.584. The first-order valence-electron chi connectivity index (χ1n) is 3.14. The fraction of sp³-hybridized carbons (Fsp3) is 0.250. The molecular weight excluding hydrogens is 255 g/mol. The molecule has 0 bridgehead atoms. The second-order valence-corrected chi connectivity index (χ2v) is 4.13. The van der Waals surface area contributed by atoms with Crippen molar-refractivity contribution in [2.45, 2.75) is 12.2 Å². The van der Waals surface area contributed by atoms with Gasteiger partial charge in [-0.2, -0.15) is 12.6 Å². The molecule has 1 aromatic carbocycles. The molecule has 0 heterocycles. The summed E-state index contributed by atoms with van der Waals surface area (Å²) in [5.41, 5.74) is 1.31. The van der Waals surface area contributed by atoms with Crippen LogP contribution in [0.4, 0.5) is 0 Å². The topological polar surface area (TPSA) is 0 Å². The third kappa shape index (κ3) is 1.89. The summed E-state index contributed by atoms with van der Waals surface area (Å²) >= 11 is 6.68. The summed E-state index contributed by atoms with van der Waals surface area (Å²) in [4.78, 5) is 0. The summed E-state index contributed by atoms with van der Waals surface area (Å²) in [6.45, 7) is 2.08. The van der Waals surface area contributed by atoms with E-state index in [1.807, 2.05) is 12.1 Å². The second kappa shape index (κ2) is 3.62. The predicted octanol–water partition coefficient (Wildman–Crippen LogP) is 3.28. The van der Waals surface area contributed by atoms with Crippen molar-refractivity contribution in [3.8, 4) is 0 Å². The van der Waals surface area contributed by atoms with E-state index in [9.17, 15) is 0 Å². The van der Waals surface area contributed by atoms with Crippen LogP contribution in [0.1, 0.15) is 17.7 Å². The van der Waals surface area contributed by atoms with Crippen molar-refractivity contribution in [2.75, 3.05) is 0 Å². The van der Waals surface area contributed by atoms with E-state index in [0.29, 0.717) is 5.25 Å². The lowest BCUT2D eigenvalue weighted by Gasteiger charge is -2.05. The van der Waals surface area contributed by atoms with Gasteiger partial charge in [-0.25, -0.2) is 0 Å². The van der Waals surface area contributed by atoms with Crippen molar-refractivity contribution in [1.82, 2.24) is 0 Å². The van der Waals surface area contributed by atoms with Gasteiger partial charge in [0.2, 0.25) is 0 Å². The van der Waals surface area contributed by atoms with Crippen LogP contribution in [0, 0.1) is 3.57 Å². The minimum atomic E-state index is 0.341. The van der Waals surface area contributed by atoms with Crippen LogP contribution in [-0.4, -0.2) is 0 Å². The minimum Gasteiger partial charge on any atom is -0.171 e. The van der Waals surface area contributed by atoms with Gasteiger partial charge < -0.3 is 0 Å². The molecule has 1 aromatic rings.